The third kappa shape index (κ3) is 4.18. The summed E-state index contributed by atoms with van der Waals surface area (Å²) in [6.07, 6.45) is -0.188. The van der Waals surface area contributed by atoms with E-state index in [1.54, 1.807) is 17.2 Å². The van der Waals surface area contributed by atoms with E-state index in [9.17, 15) is 23.1 Å². The summed E-state index contributed by atoms with van der Waals surface area (Å²) in [5.41, 5.74) is 0.311. The fourth-order valence-corrected chi connectivity index (χ4v) is 5.07. The Morgan fingerprint density at radius 2 is 2.00 bits per heavy atom. The Morgan fingerprint density at radius 1 is 1.32 bits per heavy atom. The first kappa shape index (κ1) is 18.3. The Labute approximate surface area is 150 Å². The van der Waals surface area contributed by atoms with Crippen LogP contribution in [0.4, 0.5) is 0 Å². The molecule has 2 N–H and O–H groups in total. The molecule has 138 valence electrons. The maximum atomic E-state index is 12.6. The van der Waals surface area contributed by atoms with E-state index in [0.29, 0.717) is 12.1 Å². The molecule has 0 radical (unpaired) electrons. The molecule has 2 amide bonds. The maximum Gasteiger partial charge on any atom is 0.271 e. The largest absolute Gasteiger partial charge is 0.391 e. The molecule has 1 aromatic heterocycles. The minimum Gasteiger partial charge on any atom is -0.391 e. The highest BCUT2D eigenvalue weighted by molar-refractivity contribution is 7.91. The highest BCUT2D eigenvalue weighted by atomic mass is 32.2. The van der Waals surface area contributed by atoms with Gasteiger partial charge in [-0.2, -0.15) is 0 Å². The molecule has 1 saturated heterocycles. The molecule has 1 aliphatic heterocycles. The van der Waals surface area contributed by atoms with E-state index < -0.39 is 27.9 Å². The molecule has 2 heterocycles. The van der Waals surface area contributed by atoms with Crippen LogP contribution >= 0.6 is 11.3 Å². The third-order valence-electron chi connectivity index (χ3n) is 4.70. The van der Waals surface area contributed by atoms with Crippen molar-refractivity contribution >= 4 is 33.0 Å². The van der Waals surface area contributed by atoms with Crippen molar-refractivity contribution in [3.05, 3.63) is 16.1 Å². The Bertz CT molecular complexity index is 762. The number of hydrogen-bond donors (Lipinski definition) is 2. The molecule has 1 aliphatic carbocycles. The Hall–Kier alpha value is -1.52. The van der Waals surface area contributed by atoms with E-state index in [2.05, 4.69) is 10.3 Å². The summed E-state index contributed by atoms with van der Waals surface area (Å²) in [6.45, 7) is 2.20. The lowest BCUT2D eigenvalue weighted by molar-refractivity contribution is -0.135. The van der Waals surface area contributed by atoms with Crippen molar-refractivity contribution in [2.75, 3.05) is 24.6 Å². The molecule has 25 heavy (non-hydrogen) atoms. The molecule has 1 saturated carbocycles. The molecule has 0 unspecified atom stereocenters. The molecule has 2 fully saturated rings. The van der Waals surface area contributed by atoms with Gasteiger partial charge in [-0.25, -0.2) is 13.4 Å². The van der Waals surface area contributed by atoms with E-state index in [1.807, 2.05) is 0 Å². The summed E-state index contributed by atoms with van der Waals surface area (Å²) < 4.78 is 22.9. The molecule has 0 bridgehead atoms. The number of aryl methyl sites for hydroxylation is 1. The van der Waals surface area contributed by atoms with Gasteiger partial charge in [0.05, 0.1) is 28.7 Å². The molecule has 8 nitrogen and oxygen atoms in total. The van der Waals surface area contributed by atoms with Crippen molar-refractivity contribution in [3.8, 4) is 0 Å². The number of rotatable bonds is 3. The lowest BCUT2D eigenvalue weighted by atomic mass is 10.1. The summed E-state index contributed by atoms with van der Waals surface area (Å²) in [5.74, 6) is -0.937. The molecule has 0 spiro atoms. The van der Waals surface area contributed by atoms with Gasteiger partial charge in [-0.3, -0.25) is 9.59 Å². The smallest absolute Gasteiger partial charge is 0.271 e. The first-order valence-corrected chi connectivity index (χ1v) is 10.9. The highest BCUT2D eigenvalue weighted by Crippen LogP contribution is 2.28. The van der Waals surface area contributed by atoms with E-state index >= 15 is 0 Å². The van der Waals surface area contributed by atoms with Crippen molar-refractivity contribution in [2.45, 2.75) is 31.9 Å². The summed E-state index contributed by atoms with van der Waals surface area (Å²) in [7, 11) is -3.05. The maximum absolute atomic E-state index is 12.6. The van der Waals surface area contributed by atoms with Gasteiger partial charge in [-0.05, 0) is 19.8 Å². The molecule has 2 aliphatic rings. The number of thiazole rings is 1. The van der Waals surface area contributed by atoms with Crippen molar-refractivity contribution in [2.24, 2.45) is 5.92 Å². The van der Waals surface area contributed by atoms with E-state index in [4.69, 9.17) is 0 Å². The Balaban J connectivity index is 1.57. The van der Waals surface area contributed by atoms with Gasteiger partial charge in [-0.1, -0.05) is 0 Å². The molecule has 3 atom stereocenters. The average molecular weight is 387 g/mol. The standard InChI is InChI=1S/C15H21N3O5S2/c1-9-16-12(8-24-9)14(20)17-11-6-10(7-13(11)19)15(21)18-2-4-25(22,23)5-3-18/h8,10-11,13,19H,2-7H2,1H3,(H,17,20)/t10-,11+,13+/m0/s1. The molecule has 10 heteroatoms. The lowest BCUT2D eigenvalue weighted by Crippen LogP contribution is -2.46. The molecular formula is C15H21N3O5S2. The predicted molar refractivity (Wildman–Crippen MR) is 92.1 cm³/mol. The predicted octanol–water partition coefficient (Wildman–Crippen LogP) is -0.422. The van der Waals surface area contributed by atoms with Gasteiger partial charge in [0.1, 0.15) is 5.69 Å². The fourth-order valence-electron chi connectivity index (χ4n) is 3.27. The summed E-state index contributed by atoms with van der Waals surface area (Å²) in [4.78, 5) is 30.4. The van der Waals surface area contributed by atoms with Crippen LogP contribution in [0.15, 0.2) is 5.38 Å². The summed E-state index contributed by atoms with van der Waals surface area (Å²) >= 11 is 1.37. The summed E-state index contributed by atoms with van der Waals surface area (Å²) in [5, 5.41) is 15.4. The average Bonchev–Trinajstić information content (AvgIpc) is 3.13. The number of aromatic nitrogens is 1. The van der Waals surface area contributed by atoms with Crippen LogP contribution in [0.25, 0.3) is 0 Å². The first-order chi connectivity index (χ1) is 11.7. The van der Waals surface area contributed by atoms with Crippen LogP contribution in [-0.2, 0) is 14.6 Å². The number of carbonyl (C=O) groups is 2. The van der Waals surface area contributed by atoms with E-state index in [1.165, 1.54) is 11.3 Å². The van der Waals surface area contributed by atoms with Gasteiger partial charge in [-0.15, -0.1) is 11.3 Å². The number of nitrogens with one attached hydrogen (secondary N) is 1. The number of amides is 2. The third-order valence-corrected chi connectivity index (χ3v) is 7.09. The van der Waals surface area contributed by atoms with Crippen LogP contribution in [0.3, 0.4) is 0 Å². The van der Waals surface area contributed by atoms with Gasteiger partial charge in [0.15, 0.2) is 9.84 Å². The Morgan fingerprint density at radius 3 is 2.60 bits per heavy atom. The second-order valence-corrected chi connectivity index (χ2v) is 9.91. The normalized spacial score (nSPS) is 28.7. The van der Waals surface area contributed by atoms with Crippen molar-refractivity contribution < 1.29 is 23.1 Å². The molecule has 1 aromatic rings. The zero-order valence-corrected chi connectivity index (χ0v) is 15.5. The van der Waals surface area contributed by atoms with Crippen LogP contribution in [0, 0.1) is 12.8 Å². The van der Waals surface area contributed by atoms with Crippen LogP contribution in [0.2, 0.25) is 0 Å². The molecule has 3 rings (SSSR count). The number of sulfone groups is 1. The van der Waals surface area contributed by atoms with Crippen LogP contribution in [0.5, 0.6) is 0 Å². The van der Waals surface area contributed by atoms with Gasteiger partial charge >= 0.3 is 0 Å². The SMILES string of the molecule is Cc1nc(C(=O)N[C@@H]2C[C@H](C(=O)N3CCS(=O)(=O)CC3)C[C@H]2O)cs1. The number of aliphatic hydroxyl groups excluding tert-OH is 1. The molecular weight excluding hydrogens is 366 g/mol. The van der Waals surface area contributed by atoms with Gasteiger partial charge in [0.25, 0.3) is 5.91 Å². The van der Waals surface area contributed by atoms with Gasteiger partial charge in [0, 0.05) is 24.4 Å². The van der Waals surface area contributed by atoms with Crippen LogP contribution < -0.4 is 5.32 Å². The minimum absolute atomic E-state index is 0.0165. The minimum atomic E-state index is -3.05. The van der Waals surface area contributed by atoms with Crippen LogP contribution in [0.1, 0.15) is 28.3 Å². The van der Waals surface area contributed by atoms with Gasteiger partial charge < -0.3 is 15.3 Å². The van der Waals surface area contributed by atoms with E-state index in [0.717, 1.165) is 5.01 Å². The quantitative estimate of drug-likeness (QED) is 0.727. The van der Waals surface area contributed by atoms with Crippen LogP contribution in [-0.4, -0.2) is 72.0 Å². The second-order valence-electron chi connectivity index (χ2n) is 6.54. The summed E-state index contributed by atoms with van der Waals surface area (Å²) in [6, 6.07) is -0.503. The lowest BCUT2D eigenvalue weighted by Gasteiger charge is -2.29. The zero-order chi connectivity index (χ0) is 18.2. The number of aliphatic hydroxyl groups is 1. The Kier molecular flexibility index (Phi) is 5.12. The van der Waals surface area contributed by atoms with Crippen molar-refractivity contribution in [3.63, 3.8) is 0 Å². The topological polar surface area (TPSA) is 117 Å². The first-order valence-electron chi connectivity index (χ1n) is 8.15. The zero-order valence-electron chi connectivity index (χ0n) is 13.8. The van der Waals surface area contributed by atoms with Crippen molar-refractivity contribution in [1.82, 2.24) is 15.2 Å². The monoisotopic (exact) mass is 387 g/mol. The number of nitrogens with zero attached hydrogens (tertiary/aromatic N) is 2. The highest BCUT2D eigenvalue weighted by Gasteiger charge is 2.40. The van der Waals surface area contributed by atoms with E-state index in [-0.39, 0.29) is 42.8 Å². The van der Waals surface area contributed by atoms with Crippen molar-refractivity contribution in [1.29, 1.82) is 0 Å². The number of hydrogen-bond acceptors (Lipinski definition) is 7. The fraction of sp³-hybridized carbons (Fsp3) is 0.667. The second kappa shape index (κ2) is 7.00. The molecule has 0 aromatic carbocycles. The number of carbonyl (C=O) groups excluding carboxylic acids is 2. The van der Waals surface area contributed by atoms with Gasteiger partial charge in [0.2, 0.25) is 5.91 Å².